The number of rotatable bonds is 6. The second kappa shape index (κ2) is 8.80. The molecule has 6 aromatic rings. The minimum absolute atomic E-state index is 0.120. The van der Waals surface area contributed by atoms with Crippen LogP contribution in [0.4, 0.5) is 0 Å². The van der Waals surface area contributed by atoms with E-state index in [9.17, 15) is 4.79 Å². The van der Waals surface area contributed by atoms with Gasteiger partial charge in [-0.05, 0) is 38.1 Å². The van der Waals surface area contributed by atoms with Crippen LogP contribution in [-0.4, -0.2) is 40.6 Å². The van der Waals surface area contributed by atoms with E-state index >= 15 is 0 Å². The van der Waals surface area contributed by atoms with Crippen molar-refractivity contribution in [2.45, 2.75) is 31.3 Å². The van der Waals surface area contributed by atoms with Gasteiger partial charge in [0, 0.05) is 28.9 Å². The van der Waals surface area contributed by atoms with Crippen LogP contribution in [0.1, 0.15) is 22.6 Å². The molecule has 180 valence electrons. The van der Waals surface area contributed by atoms with Crippen molar-refractivity contribution >= 4 is 34.2 Å². The van der Waals surface area contributed by atoms with Crippen LogP contribution in [0, 0.1) is 13.8 Å². The first kappa shape index (κ1) is 22.3. The molecule has 0 unspecified atom stereocenters. The highest BCUT2D eigenvalue weighted by Gasteiger charge is 2.18. The average molecular weight is 498 g/mol. The first-order chi connectivity index (χ1) is 17.5. The molecule has 0 bridgehead atoms. The number of para-hydroxylation sites is 2. The normalized spacial score (nSPS) is 11.6. The molecule has 0 saturated carbocycles. The molecular formula is C26H23N7O2S. The molecular weight excluding hydrogens is 474 g/mol. The van der Waals surface area contributed by atoms with E-state index in [-0.39, 0.29) is 5.56 Å². The molecule has 36 heavy (non-hydrogen) atoms. The maximum absolute atomic E-state index is 13.5. The molecule has 4 aromatic heterocycles. The first-order valence-electron chi connectivity index (χ1n) is 11.5. The summed E-state index contributed by atoms with van der Waals surface area (Å²) in [4.78, 5) is 22.7. The Bertz CT molecular complexity index is 1820. The number of ether oxygens (including phenoxy) is 1. The number of methoxy groups -OCH3 is 1. The Hall–Kier alpha value is -4.18. The van der Waals surface area contributed by atoms with Gasteiger partial charge in [-0.1, -0.05) is 42.1 Å². The number of hydrogen-bond donors (Lipinski definition) is 0. The molecule has 2 aromatic carbocycles. The highest BCUT2D eigenvalue weighted by molar-refractivity contribution is 7.98. The van der Waals surface area contributed by atoms with E-state index in [0.717, 1.165) is 33.9 Å². The number of nitrogens with zero attached hydrogens (tertiary/aromatic N) is 7. The van der Waals surface area contributed by atoms with Gasteiger partial charge >= 0.3 is 0 Å². The van der Waals surface area contributed by atoms with Crippen molar-refractivity contribution in [3.8, 4) is 5.75 Å². The van der Waals surface area contributed by atoms with Gasteiger partial charge in [0.05, 0.1) is 30.3 Å². The Labute approximate surface area is 210 Å². The van der Waals surface area contributed by atoms with Crippen LogP contribution in [0.25, 0.3) is 22.5 Å². The van der Waals surface area contributed by atoms with Crippen LogP contribution < -0.4 is 10.3 Å². The molecule has 0 atom stereocenters. The number of hydrogen-bond acceptors (Lipinski definition) is 7. The smallest absolute Gasteiger partial charge is 0.263 e. The molecule has 0 aliphatic heterocycles. The third kappa shape index (κ3) is 3.70. The van der Waals surface area contributed by atoms with E-state index < -0.39 is 0 Å². The zero-order valence-corrected chi connectivity index (χ0v) is 20.9. The molecule has 0 aliphatic carbocycles. The number of thioether (sulfide) groups is 1. The number of benzene rings is 2. The van der Waals surface area contributed by atoms with E-state index in [2.05, 4.69) is 20.2 Å². The molecule has 0 fully saturated rings. The largest absolute Gasteiger partial charge is 0.496 e. The summed E-state index contributed by atoms with van der Waals surface area (Å²) in [5.41, 5.74) is 4.45. The lowest BCUT2D eigenvalue weighted by Gasteiger charge is -2.13. The van der Waals surface area contributed by atoms with E-state index in [1.165, 1.54) is 11.8 Å². The molecule has 9 nitrogen and oxygen atoms in total. The van der Waals surface area contributed by atoms with Crippen LogP contribution in [-0.2, 0) is 12.3 Å². The second-order valence-electron chi connectivity index (χ2n) is 8.57. The van der Waals surface area contributed by atoms with Crippen LogP contribution in [0.2, 0.25) is 0 Å². The molecule has 4 heterocycles. The predicted octanol–water partition coefficient (Wildman–Crippen LogP) is 4.05. The summed E-state index contributed by atoms with van der Waals surface area (Å²) in [5.74, 6) is 2.47. The Balaban J connectivity index is 1.44. The Morgan fingerprint density at radius 2 is 1.81 bits per heavy atom. The summed E-state index contributed by atoms with van der Waals surface area (Å²) in [6, 6.07) is 17.2. The fraction of sp³-hybridized carbons (Fsp3) is 0.192. The molecule has 0 radical (unpaired) electrons. The van der Waals surface area contributed by atoms with Gasteiger partial charge in [0.1, 0.15) is 5.75 Å². The van der Waals surface area contributed by atoms with Crippen molar-refractivity contribution in [3.05, 3.63) is 93.8 Å². The fourth-order valence-corrected chi connectivity index (χ4v) is 5.32. The van der Waals surface area contributed by atoms with Gasteiger partial charge in [-0.3, -0.25) is 18.2 Å². The third-order valence-corrected chi connectivity index (χ3v) is 7.12. The third-order valence-electron chi connectivity index (χ3n) is 6.16. The van der Waals surface area contributed by atoms with Crippen LogP contribution in [0.15, 0.2) is 70.7 Å². The van der Waals surface area contributed by atoms with E-state index in [1.54, 1.807) is 11.7 Å². The zero-order chi connectivity index (χ0) is 24.8. The zero-order valence-electron chi connectivity index (χ0n) is 20.0. The lowest BCUT2D eigenvalue weighted by Crippen LogP contribution is -2.24. The van der Waals surface area contributed by atoms with E-state index in [1.807, 2.05) is 83.4 Å². The monoisotopic (exact) mass is 497 g/mol. The second-order valence-corrected chi connectivity index (χ2v) is 9.51. The van der Waals surface area contributed by atoms with Gasteiger partial charge in [-0.2, -0.15) is 0 Å². The van der Waals surface area contributed by atoms with Crippen molar-refractivity contribution in [1.82, 2.24) is 33.5 Å². The summed E-state index contributed by atoms with van der Waals surface area (Å²) in [6.45, 7) is 4.32. The van der Waals surface area contributed by atoms with Gasteiger partial charge in [0.2, 0.25) is 11.6 Å². The number of aromatic nitrogens is 7. The Morgan fingerprint density at radius 1 is 1.00 bits per heavy atom. The number of imidazole rings is 1. The lowest BCUT2D eigenvalue weighted by atomic mass is 10.2. The molecule has 0 saturated heterocycles. The van der Waals surface area contributed by atoms with Crippen molar-refractivity contribution < 1.29 is 4.74 Å². The highest BCUT2D eigenvalue weighted by Crippen LogP contribution is 2.26. The number of fused-ring (bicyclic) bond motifs is 4. The standard InChI is InChI=1S/C26H23N7O2S/c1-16-12-17(2)31-14-19(28-24(31)27-16)15-36-26-30-29-25-32(13-18-8-4-7-11-22(18)35-3)23(34)20-9-5-6-10-21(20)33(25)26/h4-12,14H,13,15H2,1-3H3. The Kier molecular flexibility index (Phi) is 5.45. The molecule has 0 N–H and O–H groups in total. The van der Waals surface area contributed by atoms with Gasteiger partial charge in [-0.25, -0.2) is 9.97 Å². The summed E-state index contributed by atoms with van der Waals surface area (Å²) >= 11 is 1.52. The quantitative estimate of drug-likeness (QED) is 0.321. The SMILES string of the molecule is COc1ccccc1Cn1c(=O)c2ccccc2n2c(SCc3cn4c(C)cc(C)nc4n3)nnc12. The van der Waals surface area contributed by atoms with Crippen LogP contribution in [0.3, 0.4) is 0 Å². The van der Waals surface area contributed by atoms with Crippen LogP contribution in [0.5, 0.6) is 5.75 Å². The van der Waals surface area contributed by atoms with Crippen molar-refractivity contribution in [2.24, 2.45) is 0 Å². The van der Waals surface area contributed by atoms with E-state index in [4.69, 9.17) is 4.74 Å². The summed E-state index contributed by atoms with van der Waals surface area (Å²) in [6.07, 6.45) is 2.00. The van der Waals surface area contributed by atoms with Gasteiger partial charge in [-0.15, -0.1) is 10.2 Å². The first-order valence-corrected chi connectivity index (χ1v) is 12.5. The maximum atomic E-state index is 13.5. The predicted molar refractivity (Wildman–Crippen MR) is 139 cm³/mol. The van der Waals surface area contributed by atoms with Gasteiger partial charge in [0.25, 0.3) is 5.56 Å². The molecule has 10 heteroatoms. The lowest BCUT2D eigenvalue weighted by molar-refractivity contribution is 0.408. The maximum Gasteiger partial charge on any atom is 0.263 e. The fourth-order valence-electron chi connectivity index (χ4n) is 4.50. The summed E-state index contributed by atoms with van der Waals surface area (Å²) in [7, 11) is 1.63. The van der Waals surface area contributed by atoms with Crippen LogP contribution >= 0.6 is 11.8 Å². The van der Waals surface area contributed by atoms with Crippen molar-refractivity contribution in [1.29, 1.82) is 0 Å². The van der Waals surface area contributed by atoms with E-state index in [0.29, 0.717) is 34.4 Å². The van der Waals surface area contributed by atoms with Gasteiger partial charge < -0.3 is 4.74 Å². The molecule has 0 spiro atoms. The number of aryl methyl sites for hydroxylation is 2. The molecule has 0 aliphatic rings. The average Bonchev–Trinajstić information content (AvgIpc) is 3.50. The van der Waals surface area contributed by atoms with Crippen molar-refractivity contribution in [3.63, 3.8) is 0 Å². The molecule has 0 amide bonds. The van der Waals surface area contributed by atoms with Gasteiger partial charge in [0.15, 0.2) is 5.16 Å². The minimum Gasteiger partial charge on any atom is -0.496 e. The minimum atomic E-state index is -0.120. The Morgan fingerprint density at radius 3 is 2.67 bits per heavy atom. The highest BCUT2D eigenvalue weighted by atomic mass is 32.2. The molecule has 6 rings (SSSR count). The summed E-state index contributed by atoms with van der Waals surface area (Å²) in [5, 5.41) is 10.2. The van der Waals surface area contributed by atoms with Crippen molar-refractivity contribution in [2.75, 3.05) is 7.11 Å². The summed E-state index contributed by atoms with van der Waals surface area (Å²) < 4.78 is 11.1. The topological polar surface area (TPSA) is 91.6 Å².